The topological polar surface area (TPSA) is 69.2 Å². The summed E-state index contributed by atoms with van der Waals surface area (Å²) in [7, 11) is 2.80. The molecular weight excluding hydrogens is 552 g/mol. The molecule has 0 heterocycles. The monoisotopic (exact) mass is 568 g/mol. The molecule has 178 valence electrons. The van der Waals surface area contributed by atoms with E-state index in [1.54, 1.807) is 24.3 Å². The first-order chi connectivity index (χ1) is 15.6. The van der Waals surface area contributed by atoms with Crippen LogP contribution in [0.1, 0.15) is 11.1 Å². The number of alkyl halides is 3. The van der Waals surface area contributed by atoms with Crippen molar-refractivity contribution in [2.45, 2.75) is 12.8 Å². The summed E-state index contributed by atoms with van der Waals surface area (Å²) in [6.07, 6.45) is -3.71. The van der Waals surface area contributed by atoms with Gasteiger partial charge in [-0.2, -0.15) is 13.2 Å². The Morgan fingerprint density at radius 2 is 1.82 bits per heavy atom. The number of nitrogens with one attached hydrogen (secondary N) is 1. The molecule has 0 aromatic heterocycles. The van der Waals surface area contributed by atoms with E-state index < -0.39 is 23.2 Å². The molecule has 33 heavy (non-hydrogen) atoms. The number of oxime groups is 1. The molecule has 0 atom stereocenters. The minimum absolute atomic E-state index is 0.0129. The van der Waals surface area contributed by atoms with Crippen LogP contribution in [0.15, 0.2) is 52.1 Å². The molecule has 0 bridgehead atoms. The lowest BCUT2D eigenvalue weighted by Crippen LogP contribution is -2.29. The third kappa shape index (κ3) is 7.55. The highest BCUT2D eigenvalue weighted by Gasteiger charge is 2.31. The van der Waals surface area contributed by atoms with Crippen LogP contribution in [0.3, 0.4) is 0 Å². The van der Waals surface area contributed by atoms with Gasteiger partial charge in [0.1, 0.15) is 26.1 Å². The lowest BCUT2D eigenvalue weighted by Gasteiger charge is -2.14. The van der Waals surface area contributed by atoms with Gasteiger partial charge in [0.2, 0.25) is 0 Å². The predicted molar refractivity (Wildman–Crippen MR) is 123 cm³/mol. The van der Waals surface area contributed by atoms with Crippen molar-refractivity contribution in [3.63, 3.8) is 0 Å². The Kier molecular flexibility index (Phi) is 9.87. The summed E-state index contributed by atoms with van der Waals surface area (Å²) in [6, 6.07) is 9.76. The Balaban J connectivity index is 2.18. The number of allylic oxidation sites excluding steroid dienone is 1. The number of likely N-dealkylation sites (N-methyl/N-ethyl adjacent to an activating group) is 1. The molecule has 0 radical (unpaired) electrons. The van der Waals surface area contributed by atoms with Gasteiger partial charge in [-0.15, -0.1) is 0 Å². The number of benzene rings is 2. The average Bonchev–Trinajstić information content (AvgIpc) is 2.76. The molecule has 0 aliphatic heterocycles. The Bertz CT molecular complexity index is 1040. The average molecular weight is 570 g/mol. The second-order valence-electron chi connectivity index (χ2n) is 6.22. The SMILES string of the molecule is CNC(=O)C(=NOC)c1ccccc1COc1cc(Cl)c(OCC=C(Br)C(F)(F)F)c(Cl)c1. The van der Waals surface area contributed by atoms with Crippen molar-refractivity contribution < 1.29 is 32.3 Å². The van der Waals surface area contributed by atoms with E-state index in [4.69, 9.17) is 37.5 Å². The van der Waals surface area contributed by atoms with Gasteiger partial charge in [-0.25, -0.2) is 0 Å². The molecule has 1 amide bonds. The highest BCUT2D eigenvalue weighted by atomic mass is 79.9. The molecule has 0 fully saturated rings. The van der Waals surface area contributed by atoms with Crippen LogP contribution in [0.25, 0.3) is 0 Å². The van der Waals surface area contributed by atoms with Crippen molar-refractivity contribution in [1.29, 1.82) is 0 Å². The largest absolute Gasteiger partial charge is 0.489 e. The molecule has 0 saturated heterocycles. The van der Waals surface area contributed by atoms with Gasteiger partial charge in [-0.05, 0) is 27.6 Å². The van der Waals surface area contributed by atoms with Crippen LogP contribution in [-0.4, -0.2) is 38.6 Å². The smallest absolute Gasteiger partial charge is 0.422 e. The number of ether oxygens (including phenoxy) is 2. The number of rotatable bonds is 9. The minimum atomic E-state index is -4.52. The number of amides is 1. The van der Waals surface area contributed by atoms with Gasteiger partial charge < -0.3 is 19.6 Å². The van der Waals surface area contributed by atoms with Crippen LogP contribution in [-0.2, 0) is 16.2 Å². The minimum Gasteiger partial charge on any atom is -0.489 e. The fourth-order valence-electron chi connectivity index (χ4n) is 2.53. The summed E-state index contributed by atoms with van der Waals surface area (Å²) in [5.41, 5.74) is 1.20. The van der Waals surface area contributed by atoms with Crippen molar-refractivity contribution in [1.82, 2.24) is 5.32 Å². The lowest BCUT2D eigenvalue weighted by atomic mass is 10.0. The second kappa shape index (κ2) is 12.2. The predicted octanol–water partition coefficient (Wildman–Crippen LogP) is 5.89. The van der Waals surface area contributed by atoms with E-state index in [0.717, 1.165) is 6.08 Å². The van der Waals surface area contributed by atoms with E-state index in [1.165, 1.54) is 26.3 Å². The maximum atomic E-state index is 12.5. The van der Waals surface area contributed by atoms with E-state index in [1.807, 2.05) is 0 Å². The highest BCUT2D eigenvalue weighted by Crippen LogP contribution is 2.37. The molecule has 2 aromatic carbocycles. The molecule has 12 heteroatoms. The van der Waals surface area contributed by atoms with Crippen LogP contribution in [0.5, 0.6) is 11.5 Å². The normalized spacial score (nSPS) is 12.4. The molecule has 0 aliphatic rings. The number of hydrogen-bond acceptors (Lipinski definition) is 5. The molecule has 2 rings (SSSR count). The number of hydrogen-bond donors (Lipinski definition) is 1. The summed E-state index contributed by atoms with van der Waals surface area (Å²) in [5.74, 6) is -0.147. The maximum absolute atomic E-state index is 12.5. The Morgan fingerprint density at radius 1 is 1.18 bits per heavy atom. The zero-order valence-corrected chi connectivity index (χ0v) is 20.4. The van der Waals surface area contributed by atoms with Crippen molar-refractivity contribution in [2.24, 2.45) is 5.16 Å². The van der Waals surface area contributed by atoms with Gasteiger partial charge in [-0.3, -0.25) is 4.79 Å². The molecule has 2 aromatic rings. The number of halogens is 6. The molecular formula is C21H18BrCl2F3N2O4. The molecule has 0 unspecified atom stereocenters. The number of carbonyl (C=O) groups excluding carboxylic acids is 1. The Labute approximate surface area is 206 Å². The van der Waals surface area contributed by atoms with Crippen molar-refractivity contribution in [2.75, 3.05) is 20.8 Å². The van der Waals surface area contributed by atoms with Crippen LogP contribution in [0.4, 0.5) is 13.2 Å². The molecule has 6 nitrogen and oxygen atoms in total. The number of nitrogens with zero attached hydrogens (tertiary/aromatic N) is 1. The lowest BCUT2D eigenvalue weighted by molar-refractivity contribution is -0.114. The van der Waals surface area contributed by atoms with Gasteiger partial charge in [0.05, 0.1) is 14.5 Å². The van der Waals surface area contributed by atoms with Crippen LogP contribution in [0.2, 0.25) is 10.0 Å². The zero-order valence-electron chi connectivity index (χ0n) is 17.3. The quantitative estimate of drug-likeness (QED) is 0.302. The van der Waals surface area contributed by atoms with Crippen LogP contribution >= 0.6 is 39.1 Å². The van der Waals surface area contributed by atoms with Gasteiger partial charge in [0.15, 0.2) is 11.5 Å². The van der Waals surface area contributed by atoms with Crippen molar-refractivity contribution >= 4 is 50.8 Å². The molecule has 0 spiro atoms. The summed E-state index contributed by atoms with van der Waals surface area (Å²) in [5, 5.41) is 6.38. The Hall–Kier alpha value is -2.43. The first-order valence-corrected chi connectivity index (χ1v) is 10.7. The molecule has 0 saturated carbocycles. The first-order valence-electron chi connectivity index (χ1n) is 9.17. The maximum Gasteiger partial charge on any atom is 0.422 e. The van der Waals surface area contributed by atoms with Gasteiger partial charge in [-0.1, -0.05) is 52.6 Å². The summed E-state index contributed by atoms with van der Waals surface area (Å²) in [4.78, 5) is 16.9. The fourth-order valence-corrected chi connectivity index (χ4v) is 3.24. The van der Waals surface area contributed by atoms with E-state index in [-0.39, 0.29) is 33.9 Å². The van der Waals surface area contributed by atoms with Crippen molar-refractivity contribution in [3.8, 4) is 11.5 Å². The molecule has 0 aliphatic carbocycles. The van der Waals surface area contributed by atoms with E-state index in [9.17, 15) is 18.0 Å². The van der Waals surface area contributed by atoms with Crippen molar-refractivity contribution in [3.05, 3.63) is 68.1 Å². The zero-order chi connectivity index (χ0) is 24.6. The van der Waals surface area contributed by atoms with Gasteiger partial charge in [0, 0.05) is 24.7 Å². The highest BCUT2D eigenvalue weighted by molar-refractivity contribution is 9.11. The van der Waals surface area contributed by atoms with Crippen LogP contribution in [0, 0.1) is 0 Å². The van der Waals surface area contributed by atoms with E-state index in [2.05, 4.69) is 26.4 Å². The first kappa shape index (κ1) is 26.8. The van der Waals surface area contributed by atoms with Gasteiger partial charge in [0.25, 0.3) is 5.91 Å². The Morgan fingerprint density at radius 3 is 2.39 bits per heavy atom. The number of carbonyl (C=O) groups is 1. The third-order valence-corrected chi connectivity index (χ3v) is 5.36. The fraction of sp³-hybridized carbons (Fsp3) is 0.238. The third-order valence-electron chi connectivity index (χ3n) is 4.02. The van der Waals surface area contributed by atoms with Gasteiger partial charge >= 0.3 is 6.18 Å². The van der Waals surface area contributed by atoms with E-state index >= 15 is 0 Å². The summed E-state index contributed by atoms with van der Waals surface area (Å²) < 4.78 is 47.6. The summed E-state index contributed by atoms with van der Waals surface area (Å²) >= 11 is 14.8. The van der Waals surface area contributed by atoms with Crippen LogP contribution < -0.4 is 14.8 Å². The second-order valence-corrected chi connectivity index (χ2v) is 7.89. The molecule has 1 N–H and O–H groups in total. The summed E-state index contributed by atoms with van der Waals surface area (Å²) in [6.45, 7) is -0.377. The standard InChI is InChI=1S/C21H18BrCl2F3N2O4/c1-28-20(30)18(29-31-2)14-6-4-3-5-12(14)11-33-13-9-15(23)19(16(24)10-13)32-8-7-17(22)21(25,26)27/h3-7,9-10H,8,11H2,1-2H3,(H,28,30). The van der Waals surface area contributed by atoms with E-state index in [0.29, 0.717) is 11.1 Å².